The summed E-state index contributed by atoms with van der Waals surface area (Å²) in [5, 5.41) is 0. The van der Waals surface area contributed by atoms with Crippen molar-refractivity contribution in [2.45, 2.75) is 70.8 Å². The minimum Gasteiger partial charge on any atom is -0.378 e. The third kappa shape index (κ3) is 4.99. The van der Waals surface area contributed by atoms with Crippen LogP contribution in [0.2, 0.25) is 0 Å². The summed E-state index contributed by atoms with van der Waals surface area (Å²) >= 11 is 0. The van der Waals surface area contributed by atoms with E-state index in [1.165, 1.54) is 32.1 Å². The standard InChI is InChI=1S/C13H27O/c1-5-8-9-10-12-13(7-3,14-4)11-6-2/h2,5-12H2,1,3-4H3. The molecule has 0 saturated carbocycles. The summed E-state index contributed by atoms with van der Waals surface area (Å²) in [6.45, 7) is 8.40. The molecule has 0 heterocycles. The van der Waals surface area contributed by atoms with Crippen LogP contribution < -0.4 is 0 Å². The predicted molar refractivity (Wildman–Crippen MR) is 63.4 cm³/mol. The zero-order chi connectivity index (χ0) is 10.9. The molecule has 0 aliphatic carbocycles. The summed E-state index contributed by atoms with van der Waals surface area (Å²) < 4.78 is 5.67. The maximum atomic E-state index is 5.67. The number of rotatable bonds is 9. The van der Waals surface area contributed by atoms with Gasteiger partial charge in [0.1, 0.15) is 0 Å². The van der Waals surface area contributed by atoms with Crippen molar-refractivity contribution in [3.8, 4) is 0 Å². The number of hydrogen-bond acceptors (Lipinski definition) is 1. The zero-order valence-corrected chi connectivity index (χ0v) is 10.3. The van der Waals surface area contributed by atoms with Crippen molar-refractivity contribution in [2.24, 2.45) is 0 Å². The lowest BCUT2D eigenvalue weighted by Crippen LogP contribution is -2.30. The molecule has 85 valence electrons. The van der Waals surface area contributed by atoms with Gasteiger partial charge in [-0.2, -0.15) is 0 Å². The molecule has 0 aliphatic heterocycles. The maximum Gasteiger partial charge on any atom is 0.0676 e. The first-order valence-corrected chi connectivity index (χ1v) is 6.09. The van der Waals surface area contributed by atoms with Crippen molar-refractivity contribution < 1.29 is 4.74 Å². The van der Waals surface area contributed by atoms with Crippen LogP contribution in [0.5, 0.6) is 0 Å². The van der Waals surface area contributed by atoms with E-state index in [4.69, 9.17) is 4.74 Å². The molecule has 1 radical (unpaired) electrons. The maximum absolute atomic E-state index is 5.67. The number of methoxy groups -OCH3 is 1. The highest BCUT2D eigenvalue weighted by atomic mass is 16.5. The molecule has 1 heteroatoms. The van der Waals surface area contributed by atoms with Gasteiger partial charge in [0.05, 0.1) is 5.60 Å². The van der Waals surface area contributed by atoms with Gasteiger partial charge in [-0.3, -0.25) is 0 Å². The Bertz CT molecular complexity index is 116. The second kappa shape index (κ2) is 8.28. The highest BCUT2D eigenvalue weighted by molar-refractivity contribution is 4.79. The van der Waals surface area contributed by atoms with Crippen LogP contribution in [0.4, 0.5) is 0 Å². The Balaban J connectivity index is 3.82. The van der Waals surface area contributed by atoms with Crippen LogP contribution in [-0.4, -0.2) is 12.7 Å². The normalized spacial score (nSPS) is 15.4. The molecule has 0 aromatic heterocycles. The van der Waals surface area contributed by atoms with E-state index in [0.29, 0.717) is 0 Å². The van der Waals surface area contributed by atoms with Crippen molar-refractivity contribution in [1.29, 1.82) is 0 Å². The fraction of sp³-hybridized carbons (Fsp3) is 0.923. The summed E-state index contributed by atoms with van der Waals surface area (Å²) in [6, 6.07) is 0. The number of unbranched alkanes of at least 4 members (excludes halogenated alkanes) is 3. The first kappa shape index (κ1) is 14.0. The molecule has 0 aromatic carbocycles. The van der Waals surface area contributed by atoms with Crippen LogP contribution >= 0.6 is 0 Å². The Kier molecular flexibility index (Phi) is 8.26. The van der Waals surface area contributed by atoms with Crippen molar-refractivity contribution in [1.82, 2.24) is 0 Å². The van der Waals surface area contributed by atoms with Gasteiger partial charge in [-0.15, -0.1) is 0 Å². The topological polar surface area (TPSA) is 9.23 Å². The Morgan fingerprint density at radius 1 is 1.07 bits per heavy atom. The highest BCUT2D eigenvalue weighted by Gasteiger charge is 2.25. The number of ether oxygens (including phenoxy) is 1. The van der Waals surface area contributed by atoms with E-state index < -0.39 is 0 Å². The van der Waals surface area contributed by atoms with E-state index in [-0.39, 0.29) is 5.60 Å². The van der Waals surface area contributed by atoms with E-state index in [0.717, 1.165) is 19.3 Å². The summed E-state index contributed by atoms with van der Waals surface area (Å²) in [6.07, 6.45) is 9.71. The van der Waals surface area contributed by atoms with Crippen molar-refractivity contribution in [3.05, 3.63) is 6.92 Å². The third-order valence-electron chi connectivity index (χ3n) is 3.20. The molecule has 1 atom stereocenters. The second-order valence-electron chi connectivity index (χ2n) is 4.15. The molecule has 0 rings (SSSR count). The monoisotopic (exact) mass is 199 g/mol. The molecule has 0 aromatic rings. The lowest BCUT2D eigenvalue weighted by molar-refractivity contribution is -0.0286. The van der Waals surface area contributed by atoms with Crippen molar-refractivity contribution >= 4 is 0 Å². The van der Waals surface area contributed by atoms with Gasteiger partial charge in [-0.25, -0.2) is 0 Å². The minimum absolute atomic E-state index is 0.121. The van der Waals surface area contributed by atoms with Crippen LogP contribution in [0.1, 0.15) is 65.2 Å². The molecule has 0 saturated heterocycles. The first-order chi connectivity index (χ1) is 6.74. The molecular weight excluding hydrogens is 172 g/mol. The molecular formula is C13H27O. The van der Waals surface area contributed by atoms with E-state index in [9.17, 15) is 0 Å². The van der Waals surface area contributed by atoms with Crippen LogP contribution in [0.25, 0.3) is 0 Å². The Labute approximate surface area is 90.2 Å². The van der Waals surface area contributed by atoms with Crippen molar-refractivity contribution in [2.75, 3.05) is 7.11 Å². The van der Waals surface area contributed by atoms with Gasteiger partial charge in [0, 0.05) is 7.11 Å². The fourth-order valence-electron chi connectivity index (χ4n) is 2.02. The Morgan fingerprint density at radius 3 is 2.21 bits per heavy atom. The molecule has 0 aliphatic rings. The average molecular weight is 199 g/mol. The Morgan fingerprint density at radius 2 is 1.79 bits per heavy atom. The number of hydrogen-bond donors (Lipinski definition) is 0. The van der Waals surface area contributed by atoms with Crippen LogP contribution in [0, 0.1) is 6.92 Å². The van der Waals surface area contributed by atoms with Gasteiger partial charge in [-0.05, 0) is 19.3 Å². The predicted octanol–water partition coefficient (Wildman–Crippen LogP) is 4.37. The van der Waals surface area contributed by atoms with Gasteiger partial charge in [0.2, 0.25) is 0 Å². The lowest BCUT2D eigenvalue weighted by atomic mass is 9.88. The lowest BCUT2D eigenvalue weighted by Gasteiger charge is -2.31. The first-order valence-electron chi connectivity index (χ1n) is 6.09. The minimum atomic E-state index is 0.121. The highest BCUT2D eigenvalue weighted by Crippen LogP contribution is 2.28. The van der Waals surface area contributed by atoms with E-state index in [1.54, 1.807) is 0 Å². The van der Waals surface area contributed by atoms with E-state index in [1.807, 2.05) is 7.11 Å². The zero-order valence-electron chi connectivity index (χ0n) is 10.3. The molecule has 14 heavy (non-hydrogen) atoms. The van der Waals surface area contributed by atoms with Crippen LogP contribution in [0.3, 0.4) is 0 Å². The second-order valence-corrected chi connectivity index (χ2v) is 4.15. The molecule has 0 spiro atoms. The average Bonchev–Trinajstić information content (AvgIpc) is 2.23. The molecule has 0 bridgehead atoms. The fourth-order valence-corrected chi connectivity index (χ4v) is 2.02. The van der Waals surface area contributed by atoms with Crippen LogP contribution in [-0.2, 0) is 4.74 Å². The smallest absolute Gasteiger partial charge is 0.0676 e. The van der Waals surface area contributed by atoms with Crippen LogP contribution in [0.15, 0.2) is 0 Å². The molecule has 0 amide bonds. The van der Waals surface area contributed by atoms with Crippen molar-refractivity contribution in [3.63, 3.8) is 0 Å². The largest absolute Gasteiger partial charge is 0.378 e. The summed E-state index contributed by atoms with van der Waals surface area (Å²) in [4.78, 5) is 0. The van der Waals surface area contributed by atoms with Gasteiger partial charge in [0.15, 0.2) is 0 Å². The molecule has 1 nitrogen and oxygen atoms in total. The van der Waals surface area contributed by atoms with E-state index in [2.05, 4.69) is 20.8 Å². The van der Waals surface area contributed by atoms with Gasteiger partial charge < -0.3 is 4.74 Å². The summed E-state index contributed by atoms with van der Waals surface area (Å²) in [5.74, 6) is 0. The summed E-state index contributed by atoms with van der Waals surface area (Å²) in [5.41, 5.74) is 0.121. The molecule has 0 fully saturated rings. The van der Waals surface area contributed by atoms with E-state index >= 15 is 0 Å². The van der Waals surface area contributed by atoms with Gasteiger partial charge >= 0.3 is 0 Å². The van der Waals surface area contributed by atoms with Gasteiger partial charge in [-0.1, -0.05) is 52.9 Å². The molecule has 0 N–H and O–H groups in total. The SMILES string of the molecule is [CH2]CCC(CC)(CCCCCC)OC. The Hall–Kier alpha value is -0.0400. The quantitative estimate of drug-likeness (QED) is 0.501. The molecule has 1 unspecified atom stereocenters. The van der Waals surface area contributed by atoms with Gasteiger partial charge in [0.25, 0.3) is 0 Å². The summed E-state index contributed by atoms with van der Waals surface area (Å²) in [7, 11) is 1.85. The third-order valence-corrected chi connectivity index (χ3v) is 3.20.